The van der Waals surface area contributed by atoms with Gasteiger partial charge in [0, 0.05) is 49.9 Å². The average molecular weight is 458 g/mol. The van der Waals surface area contributed by atoms with Gasteiger partial charge in [-0.1, -0.05) is 17.7 Å². The normalized spacial score (nSPS) is 15.4. The lowest BCUT2D eigenvalue weighted by Gasteiger charge is -2.35. The number of carbonyl (C=O) groups is 1. The molecule has 2 aromatic rings. The molecule has 1 aliphatic rings. The van der Waals surface area contributed by atoms with E-state index < -0.39 is 0 Å². The van der Waals surface area contributed by atoms with Gasteiger partial charge in [0.15, 0.2) is 0 Å². The highest BCUT2D eigenvalue weighted by atomic mass is 79.9. The van der Waals surface area contributed by atoms with E-state index in [1.807, 2.05) is 23.4 Å². The molecule has 5 nitrogen and oxygen atoms in total. The molecule has 1 amide bonds. The molecule has 27 heavy (non-hydrogen) atoms. The Bertz CT molecular complexity index is 833. The summed E-state index contributed by atoms with van der Waals surface area (Å²) in [6.07, 6.45) is 0.443. The lowest BCUT2D eigenvalue weighted by Crippen LogP contribution is -2.48. The van der Waals surface area contributed by atoms with Crippen LogP contribution in [0, 0.1) is 19.7 Å². The third-order valence-corrected chi connectivity index (χ3v) is 6.46. The van der Waals surface area contributed by atoms with Crippen LogP contribution in [0.5, 0.6) is 0 Å². The topological polar surface area (TPSA) is 41.4 Å². The number of halogens is 3. The van der Waals surface area contributed by atoms with E-state index in [2.05, 4.69) is 25.9 Å². The van der Waals surface area contributed by atoms with Crippen molar-refractivity contribution in [1.29, 1.82) is 0 Å². The van der Waals surface area contributed by atoms with Crippen LogP contribution in [0.2, 0.25) is 5.02 Å². The average Bonchev–Trinajstić information content (AvgIpc) is 2.89. The maximum atomic E-state index is 13.2. The van der Waals surface area contributed by atoms with Gasteiger partial charge in [-0.05, 0) is 47.5 Å². The van der Waals surface area contributed by atoms with Crippen molar-refractivity contribution < 1.29 is 9.18 Å². The number of benzene rings is 1. The van der Waals surface area contributed by atoms with Gasteiger partial charge in [0.25, 0.3) is 0 Å². The standard InChI is InChI=1S/C19H23BrClFN4O/c1-13-19(20)14(2)26(23-13)6-5-18(27)25-9-7-24(8-10-25)12-15-3-4-16(22)11-17(15)21/h3-4,11H,5-10,12H2,1-2H3. The zero-order chi connectivity index (χ0) is 19.6. The quantitative estimate of drug-likeness (QED) is 0.686. The molecule has 0 aliphatic carbocycles. The molecule has 1 fully saturated rings. The summed E-state index contributed by atoms with van der Waals surface area (Å²) in [6.45, 7) is 8.14. The first-order valence-electron chi connectivity index (χ1n) is 8.98. The Morgan fingerprint density at radius 3 is 2.56 bits per heavy atom. The Morgan fingerprint density at radius 1 is 1.26 bits per heavy atom. The molecule has 0 bridgehead atoms. The van der Waals surface area contributed by atoms with Crippen LogP contribution in [-0.4, -0.2) is 51.7 Å². The van der Waals surface area contributed by atoms with Crippen molar-refractivity contribution in [2.45, 2.75) is 33.4 Å². The molecule has 8 heteroatoms. The largest absolute Gasteiger partial charge is 0.340 e. The number of amides is 1. The molecule has 0 atom stereocenters. The number of hydrogen-bond acceptors (Lipinski definition) is 3. The SMILES string of the molecule is Cc1nn(CCC(=O)N2CCN(Cc3ccc(F)cc3Cl)CC2)c(C)c1Br. The zero-order valence-corrected chi connectivity index (χ0v) is 17.9. The highest BCUT2D eigenvalue weighted by Gasteiger charge is 2.22. The predicted molar refractivity (Wildman–Crippen MR) is 107 cm³/mol. The third kappa shape index (κ3) is 4.89. The first-order valence-corrected chi connectivity index (χ1v) is 10.2. The second-order valence-electron chi connectivity index (χ2n) is 6.85. The van der Waals surface area contributed by atoms with Crippen LogP contribution >= 0.6 is 27.5 Å². The minimum atomic E-state index is -0.325. The Morgan fingerprint density at radius 2 is 1.96 bits per heavy atom. The Kier molecular flexibility index (Phi) is 6.55. The van der Waals surface area contributed by atoms with Gasteiger partial charge >= 0.3 is 0 Å². The van der Waals surface area contributed by atoms with E-state index in [0.717, 1.165) is 34.5 Å². The molecule has 2 heterocycles. The lowest BCUT2D eigenvalue weighted by molar-refractivity contribution is -0.133. The summed E-state index contributed by atoms with van der Waals surface area (Å²) < 4.78 is 16.0. The smallest absolute Gasteiger partial charge is 0.224 e. The number of piperazine rings is 1. The number of carbonyl (C=O) groups excluding carboxylic acids is 1. The van der Waals surface area contributed by atoms with Gasteiger partial charge in [0.05, 0.1) is 16.7 Å². The fraction of sp³-hybridized carbons (Fsp3) is 0.474. The lowest BCUT2D eigenvalue weighted by atomic mass is 10.2. The van der Waals surface area contributed by atoms with Crippen LogP contribution in [0.15, 0.2) is 22.7 Å². The van der Waals surface area contributed by atoms with Crippen LogP contribution in [-0.2, 0) is 17.9 Å². The number of aromatic nitrogens is 2. The highest BCUT2D eigenvalue weighted by molar-refractivity contribution is 9.10. The van der Waals surface area contributed by atoms with Gasteiger partial charge < -0.3 is 4.90 Å². The predicted octanol–water partition coefficient (Wildman–Crippen LogP) is 3.79. The third-order valence-electron chi connectivity index (χ3n) is 4.96. The summed E-state index contributed by atoms with van der Waals surface area (Å²) >= 11 is 9.62. The van der Waals surface area contributed by atoms with Crippen molar-refractivity contribution in [1.82, 2.24) is 19.6 Å². The number of hydrogen-bond donors (Lipinski definition) is 0. The van der Waals surface area contributed by atoms with E-state index in [4.69, 9.17) is 11.6 Å². The second kappa shape index (κ2) is 8.71. The van der Waals surface area contributed by atoms with Gasteiger partial charge in [-0.25, -0.2) is 4.39 Å². The molecular weight excluding hydrogens is 435 g/mol. The summed E-state index contributed by atoms with van der Waals surface area (Å²) in [5, 5.41) is 4.90. The molecule has 0 radical (unpaired) electrons. The summed E-state index contributed by atoms with van der Waals surface area (Å²) in [6, 6.07) is 4.49. The van der Waals surface area contributed by atoms with Crippen LogP contribution in [0.3, 0.4) is 0 Å². The Hall–Kier alpha value is -1.44. The summed E-state index contributed by atoms with van der Waals surface area (Å²) in [4.78, 5) is 16.7. The molecule has 0 unspecified atom stereocenters. The molecular formula is C19H23BrClFN4O. The molecule has 1 aromatic heterocycles. The molecule has 1 saturated heterocycles. The van der Waals surface area contributed by atoms with Crippen molar-refractivity contribution in [2.75, 3.05) is 26.2 Å². The van der Waals surface area contributed by atoms with Crippen molar-refractivity contribution in [3.05, 3.63) is 50.5 Å². The molecule has 1 aromatic carbocycles. The molecule has 0 spiro atoms. The van der Waals surface area contributed by atoms with Crippen LogP contribution < -0.4 is 0 Å². The van der Waals surface area contributed by atoms with Gasteiger partial charge in [-0.2, -0.15) is 5.10 Å². The van der Waals surface area contributed by atoms with Crippen molar-refractivity contribution in [2.24, 2.45) is 0 Å². The van der Waals surface area contributed by atoms with E-state index in [-0.39, 0.29) is 11.7 Å². The van der Waals surface area contributed by atoms with Crippen LogP contribution in [0.4, 0.5) is 4.39 Å². The van der Waals surface area contributed by atoms with Crippen molar-refractivity contribution in [3.63, 3.8) is 0 Å². The van der Waals surface area contributed by atoms with E-state index in [1.54, 1.807) is 6.07 Å². The highest BCUT2D eigenvalue weighted by Crippen LogP contribution is 2.21. The monoisotopic (exact) mass is 456 g/mol. The van der Waals surface area contributed by atoms with Gasteiger partial charge in [-0.3, -0.25) is 14.4 Å². The van der Waals surface area contributed by atoms with Crippen molar-refractivity contribution >= 4 is 33.4 Å². The van der Waals surface area contributed by atoms with Gasteiger partial charge in [0.1, 0.15) is 5.82 Å². The van der Waals surface area contributed by atoms with Gasteiger partial charge in [-0.15, -0.1) is 0 Å². The number of rotatable bonds is 5. The van der Waals surface area contributed by atoms with Crippen molar-refractivity contribution in [3.8, 4) is 0 Å². The molecule has 146 valence electrons. The Balaban J connectivity index is 1.48. The number of nitrogens with zero attached hydrogens (tertiary/aromatic N) is 4. The van der Waals surface area contributed by atoms with E-state index >= 15 is 0 Å². The first kappa shape index (κ1) is 20.3. The fourth-order valence-electron chi connectivity index (χ4n) is 3.30. The minimum absolute atomic E-state index is 0.151. The summed E-state index contributed by atoms with van der Waals surface area (Å²) in [7, 11) is 0. The maximum Gasteiger partial charge on any atom is 0.224 e. The van der Waals surface area contributed by atoms with E-state index in [0.29, 0.717) is 37.6 Å². The van der Waals surface area contributed by atoms with E-state index in [1.165, 1.54) is 12.1 Å². The fourth-order valence-corrected chi connectivity index (χ4v) is 3.81. The minimum Gasteiger partial charge on any atom is -0.340 e. The van der Waals surface area contributed by atoms with Gasteiger partial charge in [0.2, 0.25) is 5.91 Å². The van der Waals surface area contributed by atoms with Crippen LogP contribution in [0.25, 0.3) is 0 Å². The molecule has 1 aliphatic heterocycles. The summed E-state index contributed by atoms with van der Waals surface area (Å²) in [5.74, 6) is -0.174. The molecule has 3 rings (SSSR count). The molecule has 0 N–H and O–H groups in total. The number of aryl methyl sites for hydroxylation is 2. The Labute approximate surface area is 172 Å². The second-order valence-corrected chi connectivity index (χ2v) is 8.05. The van der Waals surface area contributed by atoms with E-state index in [9.17, 15) is 9.18 Å². The maximum absolute atomic E-state index is 13.2. The summed E-state index contributed by atoms with van der Waals surface area (Å²) in [5.41, 5.74) is 2.89. The van der Waals surface area contributed by atoms with Crippen LogP contribution in [0.1, 0.15) is 23.4 Å². The zero-order valence-electron chi connectivity index (χ0n) is 15.5. The first-order chi connectivity index (χ1) is 12.8. The molecule has 0 saturated carbocycles.